The fraction of sp³-hybridized carbons (Fsp3) is 0.0250. The summed E-state index contributed by atoms with van der Waals surface area (Å²) in [6, 6.07) is 45.8. The van der Waals surface area contributed by atoms with E-state index in [0.29, 0.717) is 57.3 Å². The van der Waals surface area contributed by atoms with E-state index in [9.17, 15) is 1.37 Å². The number of nitrogens with zero attached hydrogens (tertiary/aromatic N) is 7. The van der Waals surface area contributed by atoms with Crippen LogP contribution in [-0.4, -0.2) is 78.2 Å². The zero-order valence-electron chi connectivity index (χ0n) is 69.7. The third-order valence-corrected chi connectivity index (χ3v) is 15.9. The molecule has 16 heteroatoms. The molecule has 17 aromatic rings. The Morgan fingerprint density at radius 2 is 0.740 bits per heavy atom. The number of aromatic nitrogens is 7. The molecule has 0 atom stereocenters. The molecule has 0 fully saturated rings. The van der Waals surface area contributed by atoms with Crippen molar-refractivity contribution in [3.63, 3.8) is 0 Å². The average Bonchev–Trinajstić information content (AvgIpc) is 1.53. The Balaban J connectivity index is 0.000000150. The van der Waals surface area contributed by atoms with Crippen molar-refractivity contribution in [3.05, 3.63) is 306 Å². The van der Waals surface area contributed by atoms with Crippen molar-refractivity contribution in [3.8, 4) is 85.1 Å². The molecule has 5 heterocycles. The molecule has 12 aromatic carbocycles. The molecule has 446 valence electrons. The Morgan fingerprint density at radius 3 is 1.22 bits per heavy atom. The van der Waals surface area contributed by atoms with Crippen LogP contribution in [0.1, 0.15) is 46.0 Å². The molecule has 0 aliphatic heterocycles. The Labute approximate surface area is 598 Å². The van der Waals surface area contributed by atoms with Crippen molar-refractivity contribution >= 4 is 125 Å². The van der Waals surface area contributed by atoms with Crippen LogP contribution in [-0.2, 0) is 6.42 Å². The van der Waals surface area contributed by atoms with Crippen LogP contribution < -0.4 is 0 Å². The lowest BCUT2D eigenvalue weighted by Gasteiger charge is -2.11. The average molecular weight is 1310 g/mol. The van der Waals surface area contributed by atoms with Crippen LogP contribution in [0.15, 0.2) is 304 Å². The summed E-state index contributed by atoms with van der Waals surface area (Å²) in [5.41, 5.74) is 6.44. The Kier molecular flexibility index (Phi) is 12.3. The molecule has 5 aromatic heterocycles. The van der Waals surface area contributed by atoms with Gasteiger partial charge in [-0.15, -0.1) is 0 Å². The molecule has 0 saturated carbocycles. The maximum Gasteiger partial charge on any atom is 0.164 e. The van der Waals surface area contributed by atoms with Crippen molar-refractivity contribution in [2.24, 2.45) is 0 Å². The van der Waals surface area contributed by atoms with E-state index in [0.717, 1.165) is 32.3 Å². The predicted octanol–water partition coefficient (Wildman–Crippen LogP) is 19.0. The first-order valence-corrected chi connectivity index (χ1v) is 30.3. The van der Waals surface area contributed by atoms with Gasteiger partial charge in [0, 0.05) is 132 Å². The summed E-state index contributed by atoms with van der Waals surface area (Å²) in [7, 11) is 19.9. The van der Waals surface area contributed by atoms with Crippen molar-refractivity contribution in [2.45, 2.75) is 13.8 Å². The van der Waals surface area contributed by atoms with Gasteiger partial charge in [-0.05, 0) is 83.3 Å². The highest BCUT2D eigenvalue weighted by Crippen LogP contribution is 2.44. The Bertz CT molecular complexity index is 6730. The van der Waals surface area contributed by atoms with Crippen LogP contribution in [0.4, 0.5) is 0 Å². The van der Waals surface area contributed by atoms with E-state index < -0.39 is 79.2 Å². The Hall–Kier alpha value is -11.1. The summed E-state index contributed by atoms with van der Waals surface area (Å²) in [5, 5.41) is 0.0267. The molecule has 0 spiro atoms. The van der Waals surface area contributed by atoms with Gasteiger partial charge in [0.2, 0.25) is 0 Å². The van der Waals surface area contributed by atoms with Gasteiger partial charge in [-0.2, -0.15) is 0 Å². The zero-order chi connectivity index (χ0) is 81.8. The number of fused-ring (bicyclic) bond motifs is 14. The quantitative estimate of drug-likeness (QED) is 0.138. The van der Waals surface area contributed by atoms with Gasteiger partial charge in [-0.1, -0.05) is 247 Å². The minimum Gasteiger partial charge on any atom is -0.456 e. The lowest BCUT2D eigenvalue weighted by Crippen LogP contribution is -2.38. The maximum atomic E-state index is 9.17. The van der Waals surface area contributed by atoms with Gasteiger partial charge in [-0.25, -0.2) is 29.9 Å². The van der Waals surface area contributed by atoms with Crippen LogP contribution >= 0.6 is 15.9 Å². The van der Waals surface area contributed by atoms with Crippen LogP contribution in [0.25, 0.3) is 151 Å². The standard InChI is InChI=1S/C39H24N4O.C21H14BrN3.C19H12O.CH4.B6/c1-3-11-25(12-4-1)37-40-38(26-13-5-2-6-14-26)42-39(41-37)27-19-21-28(22-20-27)43-33-17-9-7-15-29(33)31-23-24-32-30-16-8-10-18-34(30)44-36(32)35(31)43;22-18-13-11-17(12-14-18)21-24-19(15-7-3-1-4-8-15)23-20(25-21)16-9-5-2-6-10-16;1-2-6-13-12(5-1)11-17-14(13)9-10-16-15-7-3-4-8-18(15)20-19(16)17;;1-5(2)6(3)4/h1-24H;1-14H;1-10H,11H2;1H4;/i7D,8D,9D,10D,15D,16D,17D,18D,23D,24D;;1D,2D,3D,4D,5D,6D,7D,8D,9D,10D;;. The van der Waals surface area contributed by atoms with E-state index in [4.69, 9.17) is 90.7 Å². The fourth-order valence-electron chi connectivity index (χ4n) is 10.8. The number of benzene rings is 12. The molecule has 1 aliphatic rings. The van der Waals surface area contributed by atoms with Gasteiger partial charge < -0.3 is 13.4 Å². The molecule has 18 rings (SSSR count). The first-order chi connectivity index (χ1) is 55.0. The summed E-state index contributed by atoms with van der Waals surface area (Å²) in [6.45, 7) is 0. The largest absolute Gasteiger partial charge is 0.456 e. The Morgan fingerprint density at radius 1 is 0.365 bits per heavy atom. The number of para-hydroxylation sites is 3. The van der Waals surface area contributed by atoms with E-state index in [1.54, 1.807) is 24.3 Å². The maximum absolute atomic E-state index is 9.17. The van der Waals surface area contributed by atoms with Crippen molar-refractivity contribution in [1.29, 1.82) is 0 Å². The topological polar surface area (TPSA) is 109 Å². The molecule has 1 aliphatic carbocycles. The van der Waals surface area contributed by atoms with Gasteiger partial charge in [0.15, 0.2) is 40.5 Å². The molecule has 0 amide bonds. The van der Waals surface area contributed by atoms with Crippen LogP contribution in [0.3, 0.4) is 0 Å². The number of hydrogen-bond acceptors (Lipinski definition) is 8. The summed E-state index contributed by atoms with van der Waals surface area (Å²) in [5.74, 6) is 3.34. The smallest absolute Gasteiger partial charge is 0.164 e. The predicted molar refractivity (Wildman–Crippen MR) is 405 cm³/mol. The first kappa shape index (κ1) is 43.0. The van der Waals surface area contributed by atoms with Gasteiger partial charge in [-0.3, -0.25) is 0 Å². The molecule has 0 N–H and O–H groups in total. The van der Waals surface area contributed by atoms with Crippen molar-refractivity contribution in [1.82, 2.24) is 34.5 Å². The van der Waals surface area contributed by atoms with E-state index in [-0.39, 0.29) is 145 Å². The highest BCUT2D eigenvalue weighted by Gasteiger charge is 2.24. The number of halogens is 1. The van der Waals surface area contributed by atoms with Crippen molar-refractivity contribution < 1.29 is 36.2 Å². The number of furan rings is 2. The van der Waals surface area contributed by atoms with Crippen LogP contribution in [0.2, 0.25) is 0 Å². The van der Waals surface area contributed by atoms with E-state index >= 15 is 0 Å². The van der Waals surface area contributed by atoms with Gasteiger partial charge in [0.05, 0.1) is 38.4 Å². The second-order valence-corrected chi connectivity index (χ2v) is 22.4. The molecule has 0 bridgehead atoms. The monoisotopic (exact) mass is 1310 g/mol. The second-order valence-electron chi connectivity index (χ2n) is 21.5. The molecule has 96 heavy (non-hydrogen) atoms. The molecule has 0 unspecified atom stereocenters. The summed E-state index contributed by atoms with van der Waals surface area (Å²) >= 11 is 3.47. The first-order valence-electron chi connectivity index (χ1n) is 39.5. The fourth-order valence-corrected chi connectivity index (χ4v) is 11.0. The van der Waals surface area contributed by atoms with E-state index in [1.165, 1.54) is 4.57 Å². The summed E-state index contributed by atoms with van der Waals surface area (Å²) in [4.78, 5) is 28.4. The van der Waals surface area contributed by atoms with Gasteiger partial charge >= 0.3 is 0 Å². The SMILES string of the molecule is Brc1ccc(-c2nc(-c3ccccc3)nc(-c3ccccc3)n2)cc1.C.[2H]c1c([2H])c([2H])c2c(c1[2H])Cc1c-2c([2H])c([2H])c2c1oc1c([2H])c([2H])c([2H])c([2H])c12.[2H]c1c([2H])c([2H])c2c(oc3c2c([2H])c([2H])c2c4c([2H])c([2H])c([2H])c([2H])c4n(-c4ccc(-c5nc(-c6ccccc6)nc(-c6ccccc6)n5)cc4)c32)c1[2H].[B]B([B])B([B])[B]. The lowest BCUT2D eigenvalue weighted by atomic mass is 8.81. The highest BCUT2D eigenvalue weighted by molar-refractivity contribution is 9.10. The van der Waals surface area contributed by atoms with Crippen LogP contribution in [0, 0.1) is 0 Å². The molecule has 9 nitrogen and oxygen atoms in total. The van der Waals surface area contributed by atoms with E-state index in [1.807, 2.05) is 146 Å². The van der Waals surface area contributed by atoms with Gasteiger partial charge in [0.1, 0.15) is 16.7 Å². The minimum absolute atomic E-state index is 0. The number of hydrogen-bond donors (Lipinski definition) is 0. The zero-order valence-corrected chi connectivity index (χ0v) is 51.2. The normalized spacial score (nSPS) is 14.1. The summed E-state index contributed by atoms with van der Waals surface area (Å²) < 4.78 is 183. The molecule has 0 saturated heterocycles. The second kappa shape index (κ2) is 27.5. The van der Waals surface area contributed by atoms with Crippen molar-refractivity contribution in [2.75, 3.05) is 0 Å². The summed E-state index contributed by atoms with van der Waals surface area (Å²) in [6.07, 6.45) is -1.14. The molecular weight excluding hydrogens is 1240 g/mol. The molecule has 8 radical (unpaired) electrons. The van der Waals surface area contributed by atoms with Crippen LogP contribution in [0.5, 0.6) is 0 Å². The minimum atomic E-state index is -0.593. The highest BCUT2D eigenvalue weighted by atomic mass is 79.9. The van der Waals surface area contributed by atoms with Gasteiger partial charge in [0.25, 0.3) is 0 Å². The number of rotatable bonds is 8. The lowest BCUT2D eigenvalue weighted by molar-refractivity contribution is 0.665. The molecular formula is C80H54B6BrN7O2. The third kappa shape index (κ3) is 12.5. The third-order valence-electron chi connectivity index (χ3n) is 15.4. The van der Waals surface area contributed by atoms with E-state index in [2.05, 4.69) is 20.9 Å².